The summed E-state index contributed by atoms with van der Waals surface area (Å²) in [4.78, 5) is 23.2. The zero-order valence-electron chi connectivity index (χ0n) is 20.7. The molecule has 34 heavy (non-hydrogen) atoms. The molecule has 192 valence electrons. The quantitative estimate of drug-likeness (QED) is 0.252. The van der Waals surface area contributed by atoms with Crippen molar-refractivity contribution < 1.29 is 23.8 Å². The summed E-state index contributed by atoms with van der Waals surface area (Å²) in [6, 6.07) is 0. The highest BCUT2D eigenvalue weighted by molar-refractivity contribution is 5.79. The number of rotatable bonds is 22. The molecule has 0 aliphatic carbocycles. The lowest BCUT2D eigenvalue weighted by Gasteiger charge is -2.08. The van der Waals surface area contributed by atoms with Gasteiger partial charge in [-0.1, -0.05) is 31.9 Å². The van der Waals surface area contributed by atoms with E-state index in [-0.39, 0.29) is 11.7 Å². The molecule has 0 saturated carbocycles. The van der Waals surface area contributed by atoms with Crippen molar-refractivity contribution in [1.82, 2.24) is 20.3 Å². The van der Waals surface area contributed by atoms with Crippen LogP contribution in [0.4, 0.5) is 0 Å². The van der Waals surface area contributed by atoms with Crippen LogP contribution < -0.4 is 5.32 Å². The lowest BCUT2D eigenvalue weighted by molar-refractivity contribution is -0.121. The number of hydrogen-bond acceptors (Lipinski definition) is 9. The second kappa shape index (κ2) is 16.4. The molecule has 0 unspecified atom stereocenters. The van der Waals surface area contributed by atoms with E-state index in [4.69, 9.17) is 14.2 Å². The molecule has 0 fully saturated rings. The smallest absolute Gasteiger partial charge is 0.220 e. The van der Waals surface area contributed by atoms with Crippen molar-refractivity contribution >= 4 is 11.7 Å². The second-order valence-electron chi connectivity index (χ2n) is 8.37. The minimum absolute atomic E-state index is 0.0891. The van der Waals surface area contributed by atoms with Gasteiger partial charge >= 0.3 is 0 Å². The first kappa shape index (κ1) is 28.0. The van der Waals surface area contributed by atoms with Crippen LogP contribution in [0.3, 0.4) is 0 Å². The maximum absolute atomic E-state index is 11.6. The second-order valence-corrected chi connectivity index (χ2v) is 8.37. The van der Waals surface area contributed by atoms with E-state index in [9.17, 15) is 9.59 Å². The van der Waals surface area contributed by atoms with Crippen molar-refractivity contribution in [3.05, 3.63) is 11.9 Å². The van der Waals surface area contributed by atoms with Gasteiger partial charge in [-0.3, -0.25) is 9.59 Å². The van der Waals surface area contributed by atoms with Crippen LogP contribution in [-0.4, -0.2) is 78.5 Å². The van der Waals surface area contributed by atoms with Gasteiger partial charge in [0.1, 0.15) is 5.78 Å². The topological polar surface area (TPSA) is 129 Å². The van der Waals surface area contributed by atoms with Crippen LogP contribution in [0.1, 0.15) is 64.5 Å². The Morgan fingerprint density at radius 3 is 2.38 bits per heavy atom. The van der Waals surface area contributed by atoms with E-state index >= 15 is 0 Å². The van der Waals surface area contributed by atoms with Gasteiger partial charge in [0.25, 0.3) is 0 Å². The summed E-state index contributed by atoms with van der Waals surface area (Å²) in [6.07, 6.45) is 7.90. The molecule has 1 aliphatic rings. The standard InChI is InChI=1S/C23H40N6O5/c1-3-5-6-7-22(31)24-10-12-32-14-16-34-17-15-33-13-11-29-19-20(25-28-29)8-9-23(26-27-23)18-21(30)4-2/h19H,3-18H2,1-2H3,(H,24,31). The van der Waals surface area contributed by atoms with Crippen molar-refractivity contribution in [2.75, 3.05) is 46.2 Å². The van der Waals surface area contributed by atoms with Crippen molar-refractivity contribution in [2.45, 2.75) is 77.4 Å². The molecule has 0 saturated heterocycles. The van der Waals surface area contributed by atoms with E-state index in [1.54, 1.807) is 4.68 Å². The highest BCUT2D eigenvalue weighted by Gasteiger charge is 2.41. The van der Waals surface area contributed by atoms with Gasteiger partial charge in [-0.25, -0.2) is 4.68 Å². The molecule has 1 aliphatic heterocycles. The molecule has 2 rings (SSSR count). The zero-order chi connectivity index (χ0) is 24.5. The Balaban J connectivity index is 1.38. The summed E-state index contributed by atoms with van der Waals surface area (Å²) >= 11 is 0. The van der Waals surface area contributed by atoms with Crippen LogP contribution in [0, 0.1) is 0 Å². The number of aryl methyl sites for hydroxylation is 1. The number of nitrogens with zero attached hydrogens (tertiary/aromatic N) is 5. The number of Topliss-reactive ketones (excluding diaryl/α,β-unsaturated/α-hetero) is 1. The first-order chi connectivity index (χ1) is 16.6. The van der Waals surface area contributed by atoms with Crippen LogP contribution >= 0.6 is 0 Å². The number of aromatic nitrogens is 3. The average molecular weight is 481 g/mol. The van der Waals surface area contributed by atoms with Crippen molar-refractivity contribution in [3.8, 4) is 0 Å². The molecule has 0 atom stereocenters. The van der Waals surface area contributed by atoms with Crippen molar-refractivity contribution in [3.63, 3.8) is 0 Å². The molecular weight excluding hydrogens is 440 g/mol. The minimum Gasteiger partial charge on any atom is -0.377 e. The van der Waals surface area contributed by atoms with Crippen LogP contribution in [0.2, 0.25) is 0 Å². The summed E-state index contributed by atoms with van der Waals surface area (Å²) in [7, 11) is 0. The molecule has 1 aromatic rings. The minimum atomic E-state index is -0.519. The third kappa shape index (κ3) is 12.3. The number of ether oxygens (including phenoxy) is 3. The predicted octanol–water partition coefficient (Wildman–Crippen LogP) is 2.49. The van der Waals surface area contributed by atoms with Gasteiger partial charge in [0, 0.05) is 32.0 Å². The normalized spacial score (nSPS) is 13.8. The Labute approximate surface area is 202 Å². The maximum Gasteiger partial charge on any atom is 0.220 e. The van der Waals surface area contributed by atoms with Crippen LogP contribution in [0.15, 0.2) is 16.4 Å². The van der Waals surface area contributed by atoms with Gasteiger partial charge in [-0.05, 0) is 12.8 Å². The Morgan fingerprint density at radius 2 is 1.71 bits per heavy atom. The molecule has 0 bridgehead atoms. The summed E-state index contributed by atoms with van der Waals surface area (Å²) < 4.78 is 18.2. The first-order valence-electron chi connectivity index (χ1n) is 12.4. The number of nitrogens with one attached hydrogen (secondary N) is 1. The zero-order valence-corrected chi connectivity index (χ0v) is 20.7. The monoisotopic (exact) mass is 480 g/mol. The fourth-order valence-electron chi connectivity index (χ4n) is 3.25. The number of ketones is 1. The third-order valence-corrected chi connectivity index (χ3v) is 5.41. The van der Waals surface area contributed by atoms with E-state index in [1.165, 1.54) is 0 Å². The van der Waals surface area contributed by atoms with Crippen LogP contribution in [0.5, 0.6) is 0 Å². The lowest BCUT2D eigenvalue weighted by atomic mass is 9.99. The van der Waals surface area contributed by atoms with Gasteiger partial charge in [-0.2, -0.15) is 10.2 Å². The van der Waals surface area contributed by atoms with Crippen LogP contribution in [-0.2, 0) is 36.8 Å². The lowest BCUT2D eigenvalue weighted by Crippen LogP contribution is -2.27. The molecular formula is C23H40N6O5. The molecule has 1 N–H and O–H groups in total. The molecule has 2 heterocycles. The fraction of sp³-hybridized carbons (Fsp3) is 0.826. The molecule has 1 aromatic heterocycles. The molecule has 0 spiro atoms. The summed E-state index contributed by atoms with van der Waals surface area (Å²) in [5.74, 6) is 0.270. The average Bonchev–Trinajstić information content (AvgIpc) is 3.44. The van der Waals surface area contributed by atoms with E-state index in [0.29, 0.717) is 84.8 Å². The highest BCUT2D eigenvalue weighted by Crippen LogP contribution is 2.36. The van der Waals surface area contributed by atoms with E-state index < -0.39 is 5.66 Å². The highest BCUT2D eigenvalue weighted by atomic mass is 16.5. The molecule has 11 nitrogen and oxygen atoms in total. The molecule has 0 aromatic carbocycles. The van der Waals surface area contributed by atoms with Gasteiger partial charge in [0.15, 0.2) is 5.66 Å². The Morgan fingerprint density at radius 1 is 1.00 bits per heavy atom. The third-order valence-electron chi connectivity index (χ3n) is 5.41. The van der Waals surface area contributed by atoms with Gasteiger partial charge in [-0.15, -0.1) is 5.10 Å². The summed E-state index contributed by atoms with van der Waals surface area (Å²) in [5.41, 5.74) is 0.342. The number of amides is 1. The number of carbonyl (C=O) groups excluding carboxylic acids is 2. The van der Waals surface area contributed by atoms with E-state index in [1.807, 2.05) is 13.1 Å². The number of hydrogen-bond donors (Lipinski definition) is 1. The van der Waals surface area contributed by atoms with Gasteiger partial charge < -0.3 is 19.5 Å². The van der Waals surface area contributed by atoms with E-state index in [2.05, 4.69) is 32.8 Å². The Bertz CT molecular complexity index is 748. The summed E-state index contributed by atoms with van der Waals surface area (Å²) in [5, 5.41) is 19.3. The molecule has 1 amide bonds. The van der Waals surface area contributed by atoms with Crippen LogP contribution in [0.25, 0.3) is 0 Å². The molecule has 0 radical (unpaired) electrons. The predicted molar refractivity (Wildman–Crippen MR) is 125 cm³/mol. The Hall–Kier alpha value is -2.24. The van der Waals surface area contributed by atoms with Gasteiger partial charge in [0.05, 0.1) is 58.3 Å². The SMILES string of the molecule is CCCCCC(=O)NCCOCCOCCOCCn1cc(CCC2(CC(=O)CC)N=N2)nn1. The van der Waals surface area contributed by atoms with E-state index in [0.717, 1.165) is 25.0 Å². The first-order valence-corrected chi connectivity index (χ1v) is 12.4. The number of carbonyl (C=O) groups is 2. The fourth-order valence-corrected chi connectivity index (χ4v) is 3.25. The van der Waals surface area contributed by atoms with Crippen molar-refractivity contribution in [1.29, 1.82) is 0 Å². The summed E-state index contributed by atoms with van der Waals surface area (Å²) in [6.45, 7) is 8.07. The largest absolute Gasteiger partial charge is 0.377 e. The number of unbranched alkanes of at least 4 members (excludes halogenated alkanes) is 2. The maximum atomic E-state index is 11.6. The molecule has 11 heteroatoms. The van der Waals surface area contributed by atoms with Crippen molar-refractivity contribution in [2.24, 2.45) is 10.2 Å². The van der Waals surface area contributed by atoms with Gasteiger partial charge in [0.2, 0.25) is 5.91 Å². The Kier molecular flexibility index (Phi) is 13.5.